The molecule has 0 aliphatic rings. The van der Waals surface area contributed by atoms with E-state index in [9.17, 15) is 9.18 Å². The molecule has 0 bridgehead atoms. The lowest BCUT2D eigenvalue weighted by Gasteiger charge is -2.11. The second-order valence-corrected chi connectivity index (χ2v) is 4.64. The molecule has 5 heteroatoms. The lowest BCUT2D eigenvalue weighted by Crippen LogP contribution is -2.27. The first-order chi connectivity index (χ1) is 8.61. The van der Waals surface area contributed by atoms with Gasteiger partial charge in [-0.2, -0.15) is 0 Å². The van der Waals surface area contributed by atoms with Crippen LogP contribution in [0.4, 0.5) is 4.39 Å². The Morgan fingerprint density at radius 1 is 1.47 bits per heavy atom. The fourth-order valence-corrected chi connectivity index (χ4v) is 1.86. The Morgan fingerprint density at radius 2 is 2.21 bits per heavy atom. The normalized spacial score (nSPS) is 11.5. The maximum atomic E-state index is 13.0. The summed E-state index contributed by atoms with van der Waals surface area (Å²) in [5, 5.41) is 2.82. The van der Waals surface area contributed by atoms with Gasteiger partial charge in [0.15, 0.2) is 0 Å². The van der Waals surface area contributed by atoms with Crippen molar-refractivity contribution in [3.63, 3.8) is 0 Å². The Kier molecular flexibility index (Phi) is 9.17. The van der Waals surface area contributed by atoms with Gasteiger partial charge in [0.2, 0.25) is 5.91 Å². The third-order valence-electron chi connectivity index (χ3n) is 2.71. The topological polar surface area (TPSA) is 55.1 Å². The average molecular weight is 289 g/mol. The Labute approximate surface area is 120 Å². The van der Waals surface area contributed by atoms with Gasteiger partial charge in [-0.25, -0.2) is 4.39 Å². The SMILES string of the molecule is CC(CC(=O)NCCCN)Cc1cccc(F)c1.Cl. The maximum Gasteiger partial charge on any atom is 0.220 e. The summed E-state index contributed by atoms with van der Waals surface area (Å²) in [6.45, 7) is 3.20. The molecular weight excluding hydrogens is 267 g/mol. The van der Waals surface area contributed by atoms with Gasteiger partial charge in [-0.3, -0.25) is 4.79 Å². The molecule has 19 heavy (non-hydrogen) atoms. The van der Waals surface area contributed by atoms with E-state index < -0.39 is 0 Å². The van der Waals surface area contributed by atoms with Crippen LogP contribution >= 0.6 is 12.4 Å². The number of amides is 1. The Morgan fingerprint density at radius 3 is 2.84 bits per heavy atom. The molecule has 3 nitrogen and oxygen atoms in total. The molecule has 1 aromatic carbocycles. The number of carbonyl (C=O) groups is 1. The minimum Gasteiger partial charge on any atom is -0.356 e. The van der Waals surface area contributed by atoms with Gasteiger partial charge in [-0.1, -0.05) is 19.1 Å². The zero-order valence-corrected chi connectivity index (χ0v) is 12.0. The zero-order chi connectivity index (χ0) is 13.4. The molecule has 0 aromatic heterocycles. The van der Waals surface area contributed by atoms with Crippen LogP contribution in [0.2, 0.25) is 0 Å². The molecule has 0 aliphatic heterocycles. The minimum atomic E-state index is -0.230. The van der Waals surface area contributed by atoms with E-state index in [1.165, 1.54) is 12.1 Å². The van der Waals surface area contributed by atoms with Gasteiger partial charge in [0.25, 0.3) is 0 Å². The Balaban J connectivity index is 0.00000324. The van der Waals surface area contributed by atoms with Gasteiger partial charge in [-0.15, -0.1) is 12.4 Å². The number of nitrogens with two attached hydrogens (primary N) is 1. The molecule has 0 saturated heterocycles. The van der Waals surface area contributed by atoms with Gasteiger partial charge in [0, 0.05) is 13.0 Å². The highest BCUT2D eigenvalue weighted by Gasteiger charge is 2.09. The number of hydrogen-bond donors (Lipinski definition) is 2. The third-order valence-corrected chi connectivity index (χ3v) is 2.71. The Bertz CT molecular complexity index is 387. The van der Waals surface area contributed by atoms with E-state index >= 15 is 0 Å². The van der Waals surface area contributed by atoms with Crippen LogP contribution in [0.1, 0.15) is 25.3 Å². The van der Waals surface area contributed by atoms with Gasteiger partial charge in [0.05, 0.1) is 0 Å². The molecule has 108 valence electrons. The summed E-state index contributed by atoms with van der Waals surface area (Å²) in [6.07, 6.45) is 1.97. The minimum absolute atomic E-state index is 0. The number of rotatable bonds is 7. The predicted octanol–water partition coefficient (Wildman–Crippen LogP) is 2.28. The van der Waals surface area contributed by atoms with Crippen LogP contribution in [-0.4, -0.2) is 19.0 Å². The van der Waals surface area contributed by atoms with Crippen LogP contribution in [0.15, 0.2) is 24.3 Å². The molecule has 1 amide bonds. The number of nitrogens with one attached hydrogen (secondary N) is 1. The number of carbonyl (C=O) groups excluding carboxylic acids is 1. The van der Waals surface area contributed by atoms with Crippen molar-refractivity contribution in [3.05, 3.63) is 35.6 Å². The van der Waals surface area contributed by atoms with E-state index in [4.69, 9.17) is 5.73 Å². The van der Waals surface area contributed by atoms with Gasteiger partial charge < -0.3 is 11.1 Å². The molecule has 0 saturated carbocycles. The van der Waals surface area contributed by atoms with Crippen LogP contribution < -0.4 is 11.1 Å². The largest absolute Gasteiger partial charge is 0.356 e. The summed E-state index contributed by atoms with van der Waals surface area (Å²) in [6, 6.07) is 6.52. The van der Waals surface area contributed by atoms with Gasteiger partial charge >= 0.3 is 0 Å². The first-order valence-corrected chi connectivity index (χ1v) is 6.33. The lowest BCUT2D eigenvalue weighted by atomic mass is 9.98. The number of hydrogen-bond acceptors (Lipinski definition) is 2. The van der Waals surface area contributed by atoms with Crippen LogP contribution in [0.25, 0.3) is 0 Å². The van der Waals surface area contributed by atoms with Crippen molar-refractivity contribution in [1.29, 1.82) is 0 Å². The molecule has 3 N–H and O–H groups in total. The molecule has 0 aliphatic carbocycles. The standard InChI is InChI=1S/C14H21FN2O.ClH/c1-11(9-14(18)17-7-3-6-16)8-12-4-2-5-13(15)10-12;/h2,4-5,10-11H,3,6-9,16H2,1H3,(H,17,18);1H. The van der Waals surface area contributed by atoms with Gasteiger partial charge in [-0.05, 0) is 43.0 Å². The fraction of sp³-hybridized carbons (Fsp3) is 0.500. The third kappa shape index (κ3) is 7.80. The second kappa shape index (κ2) is 9.75. The molecule has 1 atom stereocenters. The summed E-state index contributed by atoms with van der Waals surface area (Å²) >= 11 is 0. The van der Waals surface area contributed by atoms with E-state index in [1.54, 1.807) is 6.07 Å². The molecule has 0 spiro atoms. The highest BCUT2D eigenvalue weighted by molar-refractivity contribution is 5.85. The van der Waals surface area contributed by atoms with Crippen LogP contribution in [0.3, 0.4) is 0 Å². The van der Waals surface area contributed by atoms with Crippen molar-refractivity contribution in [3.8, 4) is 0 Å². The molecular formula is C14H22ClFN2O. The quantitative estimate of drug-likeness (QED) is 0.756. The van der Waals surface area contributed by atoms with Gasteiger partial charge in [0.1, 0.15) is 5.82 Å². The molecule has 0 fully saturated rings. The van der Waals surface area contributed by atoms with Crippen molar-refractivity contribution in [2.45, 2.75) is 26.2 Å². The number of halogens is 2. The summed E-state index contributed by atoms with van der Waals surface area (Å²) in [4.78, 5) is 11.6. The zero-order valence-electron chi connectivity index (χ0n) is 11.2. The number of benzene rings is 1. The van der Waals surface area contributed by atoms with E-state index in [2.05, 4.69) is 5.32 Å². The van der Waals surface area contributed by atoms with Crippen molar-refractivity contribution >= 4 is 18.3 Å². The van der Waals surface area contributed by atoms with Crippen molar-refractivity contribution in [2.24, 2.45) is 11.7 Å². The van der Waals surface area contributed by atoms with Crippen molar-refractivity contribution in [1.82, 2.24) is 5.32 Å². The highest BCUT2D eigenvalue weighted by Crippen LogP contribution is 2.12. The van der Waals surface area contributed by atoms with E-state index in [0.29, 0.717) is 25.9 Å². The summed E-state index contributed by atoms with van der Waals surface area (Å²) < 4.78 is 13.0. The van der Waals surface area contributed by atoms with E-state index in [1.807, 2.05) is 13.0 Å². The molecule has 1 rings (SSSR count). The monoisotopic (exact) mass is 288 g/mol. The fourth-order valence-electron chi connectivity index (χ4n) is 1.86. The predicted molar refractivity (Wildman–Crippen MR) is 77.8 cm³/mol. The Hall–Kier alpha value is -1.13. The highest BCUT2D eigenvalue weighted by atomic mass is 35.5. The first-order valence-electron chi connectivity index (χ1n) is 6.33. The van der Waals surface area contributed by atoms with Crippen LogP contribution in [0, 0.1) is 11.7 Å². The molecule has 0 heterocycles. The van der Waals surface area contributed by atoms with Crippen LogP contribution in [-0.2, 0) is 11.2 Å². The van der Waals surface area contributed by atoms with Crippen LogP contribution in [0.5, 0.6) is 0 Å². The first kappa shape index (κ1) is 17.9. The molecule has 1 unspecified atom stereocenters. The smallest absolute Gasteiger partial charge is 0.220 e. The van der Waals surface area contributed by atoms with Crippen molar-refractivity contribution in [2.75, 3.05) is 13.1 Å². The summed E-state index contributed by atoms with van der Waals surface area (Å²) in [7, 11) is 0. The summed E-state index contributed by atoms with van der Waals surface area (Å²) in [5.41, 5.74) is 6.27. The summed E-state index contributed by atoms with van der Waals surface area (Å²) in [5.74, 6) is 0.00382. The van der Waals surface area contributed by atoms with E-state index in [-0.39, 0.29) is 30.0 Å². The molecule has 1 aromatic rings. The average Bonchev–Trinajstić information content (AvgIpc) is 2.29. The lowest BCUT2D eigenvalue weighted by molar-refractivity contribution is -0.121. The van der Waals surface area contributed by atoms with E-state index in [0.717, 1.165) is 12.0 Å². The molecule has 0 radical (unpaired) electrons. The second-order valence-electron chi connectivity index (χ2n) is 4.64. The maximum absolute atomic E-state index is 13.0. The van der Waals surface area contributed by atoms with Crippen molar-refractivity contribution < 1.29 is 9.18 Å².